The maximum atomic E-state index is 6.02. The van der Waals surface area contributed by atoms with Crippen LogP contribution in [0, 0.1) is 0 Å². The van der Waals surface area contributed by atoms with E-state index in [9.17, 15) is 0 Å². The van der Waals surface area contributed by atoms with E-state index in [4.69, 9.17) is 21.5 Å². The SMILES string of the molecule is Clc1ccc(N=NC(c2ccccc2)(c2ccccc2)N2CCOCC2)cc1. The van der Waals surface area contributed by atoms with Gasteiger partial charge >= 0.3 is 0 Å². The summed E-state index contributed by atoms with van der Waals surface area (Å²) in [5.74, 6) is 0. The quantitative estimate of drug-likeness (QED) is 0.526. The lowest BCUT2D eigenvalue weighted by Crippen LogP contribution is -2.51. The Morgan fingerprint density at radius 1 is 0.750 bits per heavy atom. The molecular formula is C23H22ClN3O. The minimum absolute atomic E-state index is 0.678. The van der Waals surface area contributed by atoms with Crippen LogP contribution in [0.1, 0.15) is 11.1 Å². The fourth-order valence-corrected chi connectivity index (χ4v) is 3.70. The summed E-state index contributed by atoms with van der Waals surface area (Å²) in [6.45, 7) is 2.92. The zero-order valence-electron chi connectivity index (χ0n) is 15.5. The van der Waals surface area contributed by atoms with Crippen molar-refractivity contribution in [3.63, 3.8) is 0 Å². The van der Waals surface area contributed by atoms with Crippen LogP contribution in [-0.4, -0.2) is 31.2 Å². The third-order valence-corrected chi connectivity index (χ3v) is 5.21. The van der Waals surface area contributed by atoms with E-state index in [1.165, 1.54) is 0 Å². The molecule has 1 aliphatic rings. The number of azo groups is 1. The largest absolute Gasteiger partial charge is 0.379 e. The fourth-order valence-electron chi connectivity index (χ4n) is 3.58. The van der Waals surface area contributed by atoms with Gasteiger partial charge in [0.15, 0.2) is 5.66 Å². The molecule has 0 saturated carbocycles. The van der Waals surface area contributed by atoms with Crippen LogP contribution in [0.4, 0.5) is 5.69 Å². The van der Waals surface area contributed by atoms with Gasteiger partial charge in [-0.25, -0.2) is 0 Å². The Balaban J connectivity index is 1.88. The molecule has 0 unspecified atom stereocenters. The summed E-state index contributed by atoms with van der Waals surface area (Å²) in [7, 11) is 0. The van der Waals surface area contributed by atoms with Crippen molar-refractivity contribution in [3.05, 3.63) is 101 Å². The van der Waals surface area contributed by atoms with Crippen molar-refractivity contribution in [3.8, 4) is 0 Å². The molecule has 3 aromatic carbocycles. The average molecular weight is 392 g/mol. The Morgan fingerprint density at radius 2 is 1.29 bits per heavy atom. The molecule has 0 aliphatic carbocycles. The van der Waals surface area contributed by atoms with Gasteiger partial charge in [0.05, 0.1) is 18.9 Å². The van der Waals surface area contributed by atoms with E-state index in [2.05, 4.69) is 34.3 Å². The van der Waals surface area contributed by atoms with Crippen LogP contribution in [0.15, 0.2) is 95.2 Å². The highest BCUT2D eigenvalue weighted by atomic mass is 35.5. The third-order valence-electron chi connectivity index (χ3n) is 4.96. The number of morpholine rings is 1. The van der Waals surface area contributed by atoms with Gasteiger partial charge in [-0.3, -0.25) is 4.90 Å². The Bertz CT molecular complexity index is 868. The Morgan fingerprint density at radius 3 is 1.82 bits per heavy atom. The van der Waals surface area contributed by atoms with Crippen LogP contribution in [0.5, 0.6) is 0 Å². The predicted molar refractivity (Wildman–Crippen MR) is 112 cm³/mol. The van der Waals surface area contributed by atoms with Crippen LogP contribution < -0.4 is 0 Å². The molecule has 0 radical (unpaired) electrons. The second-order valence-corrected chi connectivity index (χ2v) is 7.12. The van der Waals surface area contributed by atoms with Crippen molar-refractivity contribution in [2.24, 2.45) is 10.2 Å². The molecule has 1 fully saturated rings. The van der Waals surface area contributed by atoms with Gasteiger partial charge in [0.25, 0.3) is 0 Å². The first kappa shape index (κ1) is 18.8. The van der Waals surface area contributed by atoms with Gasteiger partial charge in [-0.15, -0.1) is 0 Å². The van der Waals surface area contributed by atoms with Crippen molar-refractivity contribution in [2.75, 3.05) is 26.3 Å². The standard InChI is InChI=1S/C23H22ClN3O/c24-21-11-13-22(14-12-21)25-26-23(19-7-3-1-4-8-19,20-9-5-2-6-10-20)27-15-17-28-18-16-27/h1-14H,15-18H2. The molecule has 5 heteroatoms. The zero-order valence-corrected chi connectivity index (χ0v) is 16.3. The first-order valence-electron chi connectivity index (χ1n) is 9.41. The van der Waals surface area contributed by atoms with Gasteiger partial charge in [0.2, 0.25) is 0 Å². The van der Waals surface area contributed by atoms with Crippen LogP contribution in [0.2, 0.25) is 5.02 Å². The van der Waals surface area contributed by atoms with E-state index in [-0.39, 0.29) is 0 Å². The minimum Gasteiger partial charge on any atom is -0.379 e. The minimum atomic E-state index is -0.716. The van der Waals surface area contributed by atoms with Crippen molar-refractivity contribution >= 4 is 17.3 Å². The number of nitrogens with zero attached hydrogens (tertiary/aromatic N) is 3. The van der Waals surface area contributed by atoms with Gasteiger partial charge in [0.1, 0.15) is 0 Å². The second kappa shape index (κ2) is 8.65. The molecule has 3 aromatic rings. The molecule has 4 nitrogen and oxygen atoms in total. The fraction of sp³-hybridized carbons (Fsp3) is 0.217. The number of rotatable bonds is 5. The van der Waals surface area contributed by atoms with E-state index in [1.807, 2.05) is 60.7 Å². The average Bonchev–Trinajstić information content (AvgIpc) is 2.78. The molecule has 1 heterocycles. The number of hydrogen-bond acceptors (Lipinski definition) is 4. The summed E-state index contributed by atoms with van der Waals surface area (Å²) in [5, 5.41) is 10.3. The number of benzene rings is 3. The summed E-state index contributed by atoms with van der Waals surface area (Å²) < 4.78 is 5.61. The lowest BCUT2D eigenvalue weighted by molar-refractivity contribution is -0.00971. The highest BCUT2D eigenvalue weighted by Gasteiger charge is 2.41. The third kappa shape index (κ3) is 3.85. The Kier molecular flexibility index (Phi) is 5.81. The lowest BCUT2D eigenvalue weighted by atomic mass is 9.89. The molecule has 0 aromatic heterocycles. The van der Waals surface area contributed by atoms with Crippen molar-refractivity contribution < 1.29 is 4.74 Å². The summed E-state index contributed by atoms with van der Waals surface area (Å²) in [4.78, 5) is 2.35. The maximum Gasteiger partial charge on any atom is 0.186 e. The highest BCUT2D eigenvalue weighted by Crippen LogP contribution is 2.39. The van der Waals surface area contributed by atoms with E-state index in [0.717, 1.165) is 29.9 Å². The lowest BCUT2D eigenvalue weighted by Gasteiger charge is -2.42. The summed E-state index contributed by atoms with van der Waals surface area (Å²) in [6, 6.07) is 28.1. The van der Waals surface area contributed by atoms with E-state index < -0.39 is 5.66 Å². The van der Waals surface area contributed by atoms with E-state index >= 15 is 0 Å². The monoisotopic (exact) mass is 391 g/mol. The molecule has 28 heavy (non-hydrogen) atoms. The van der Waals surface area contributed by atoms with Gasteiger partial charge in [-0.2, -0.15) is 10.2 Å². The summed E-state index contributed by atoms with van der Waals surface area (Å²) in [5.41, 5.74) is 2.22. The van der Waals surface area contributed by atoms with E-state index in [0.29, 0.717) is 18.2 Å². The Labute approximate surface area is 170 Å². The van der Waals surface area contributed by atoms with Crippen LogP contribution in [-0.2, 0) is 10.4 Å². The van der Waals surface area contributed by atoms with Crippen LogP contribution >= 0.6 is 11.6 Å². The summed E-state index contributed by atoms with van der Waals surface area (Å²) in [6.07, 6.45) is 0. The number of halogens is 1. The smallest absolute Gasteiger partial charge is 0.186 e. The molecule has 1 saturated heterocycles. The number of hydrogen-bond donors (Lipinski definition) is 0. The predicted octanol–water partition coefficient (Wildman–Crippen LogP) is 5.66. The normalized spacial score (nSPS) is 15.8. The van der Waals surface area contributed by atoms with Gasteiger partial charge in [-0.05, 0) is 24.3 Å². The Hall–Kier alpha value is -2.53. The molecule has 0 spiro atoms. The topological polar surface area (TPSA) is 37.2 Å². The van der Waals surface area contributed by atoms with Crippen molar-refractivity contribution in [1.29, 1.82) is 0 Å². The second-order valence-electron chi connectivity index (χ2n) is 6.68. The molecule has 0 bridgehead atoms. The molecule has 0 amide bonds. The molecule has 0 N–H and O–H groups in total. The first-order valence-corrected chi connectivity index (χ1v) is 9.79. The van der Waals surface area contributed by atoms with E-state index in [1.54, 1.807) is 0 Å². The zero-order chi connectivity index (χ0) is 19.2. The maximum absolute atomic E-state index is 6.02. The van der Waals surface area contributed by atoms with Crippen LogP contribution in [0.3, 0.4) is 0 Å². The summed E-state index contributed by atoms with van der Waals surface area (Å²) >= 11 is 6.02. The molecular weight excluding hydrogens is 370 g/mol. The van der Waals surface area contributed by atoms with Gasteiger partial charge in [0, 0.05) is 29.2 Å². The molecule has 4 rings (SSSR count). The van der Waals surface area contributed by atoms with Gasteiger partial charge < -0.3 is 4.74 Å². The van der Waals surface area contributed by atoms with Crippen LogP contribution in [0.25, 0.3) is 0 Å². The highest BCUT2D eigenvalue weighted by molar-refractivity contribution is 6.30. The molecule has 142 valence electrons. The van der Waals surface area contributed by atoms with Gasteiger partial charge in [-0.1, -0.05) is 72.3 Å². The number of ether oxygens (including phenoxy) is 1. The van der Waals surface area contributed by atoms with Crippen molar-refractivity contribution in [1.82, 2.24) is 4.90 Å². The van der Waals surface area contributed by atoms with Crippen molar-refractivity contribution in [2.45, 2.75) is 5.66 Å². The first-order chi connectivity index (χ1) is 13.8. The molecule has 0 atom stereocenters. The molecule has 1 aliphatic heterocycles.